The van der Waals surface area contributed by atoms with Crippen LogP contribution >= 0.6 is 34.8 Å². The summed E-state index contributed by atoms with van der Waals surface area (Å²) in [5.74, 6) is -69.0. The van der Waals surface area contributed by atoms with Crippen LogP contribution in [0.4, 0.5) is 87.8 Å². The molecule has 386 valence electrons. The van der Waals surface area contributed by atoms with Gasteiger partial charge in [0.1, 0.15) is 52.7 Å². The Labute approximate surface area is 417 Å². The third-order valence-electron chi connectivity index (χ3n) is 10.8. The molecule has 0 bridgehead atoms. The summed E-state index contributed by atoms with van der Waals surface area (Å²) in [5.41, 5.74) is -12.8. The molecule has 1 atom stereocenters. The molecule has 0 spiro atoms. The van der Waals surface area contributed by atoms with Crippen molar-refractivity contribution in [3.05, 3.63) is 218 Å². The lowest BCUT2D eigenvalue weighted by Gasteiger charge is -2.44. The number of ketones is 1. The van der Waals surface area contributed by atoms with E-state index in [1.54, 1.807) is 48.5 Å². The van der Waals surface area contributed by atoms with Crippen LogP contribution in [0.3, 0.4) is 0 Å². The molecule has 0 aliphatic carbocycles. The highest BCUT2D eigenvalue weighted by atomic mass is 35.6. The smallest absolute Gasteiger partial charge is 0.216 e. The van der Waals surface area contributed by atoms with Crippen molar-refractivity contribution in [1.29, 1.82) is 0 Å². The molecule has 0 saturated heterocycles. The number of carbonyl (C=O) groups is 1. The molecule has 0 aromatic heterocycles. The zero-order chi connectivity index (χ0) is 55.3. The topological polar surface area (TPSA) is 34.1 Å². The highest BCUT2D eigenvalue weighted by molar-refractivity contribution is 8.07. The van der Waals surface area contributed by atoms with Gasteiger partial charge in [0, 0.05) is 16.7 Å². The van der Waals surface area contributed by atoms with E-state index in [1.807, 2.05) is 36.4 Å². The van der Waals surface area contributed by atoms with Gasteiger partial charge in [-0.15, -0.1) is 21.9 Å². The molecule has 27 heteroatoms. The molecule has 0 heterocycles. The summed E-state index contributed by atoms with van der Waals surface area (Å²) >= 11 is 17.6. The van der Waals surface area contributed by atoms with Crippen LogP contribution < -0.4 is 21.9 Å². The molecule has 2 nitrogen and oxygen atoms in total. The van der Waals surface area contributed by atoms with Gasteiger partial charge in [0.2, 0.25) is 19.5 Å². The number of Topliss-reactive ketones (excluding diaryl/α,β-unsaturated/α-hetero) is 1. The first-order chi connectivity index (χ1) is 34.5. The molecule has 0 N–H and O–H groups in total. The monoisotopic (exact) mass is 1140 g/mol. The van der Waals surface area contributed by atoms with Crippen LogP contribution in [0.1, 0.15) is 21.5 Å². The van der Waals surface area contributed by atoms with Crippen molar-refractivity contribution >= 4 is 78.5 Å². The fraction of sp³-hybridized carbons (Fsp3) is 0.0426. The van der Waals surface area contributed by atoms with Gasteiger partial charge in [-0.2, -0.15) is 0 Å². The summed E-state index contributed by atoms with van der Waals surface area (Å²) in [6.45, 7) is 0. The standard InChI is InChI=1S/C24BF20.C23H16Cl3O2S/c26-5-1(6(27)14(35)21(42)13(5)34)25(2-7(28)15(36)22(43)16(37)8(2)29,3-9(30)17(38)23(44)18(39)10(3)31)4-11(32)19(40)24(45)20(41)12(4)33;24-23(25,26)20-13-11-19(12-14-20)22(27)17-29(28,21-9-5-2-6-10-21)16-15-18-7-3-1-4-8-18/h;1-14H,17H2/q-1;+1. The number of halogens is 23. The fourth-order valence-corrected chi connectivity index (χ4v) is 9.62. The molecule has 0 fully saturated rings. The van der Waals surface area contributed by atoms with Gasteiger partial charge in [0.05, 0.1) is 0 Å². The second-order valence-corrected chi connectivity index (χ2v) is 19.6. The zero-order valence-corrected chi connectivity index (χ0v) is 38.4. The summed E-state index contributed by atoms with van der Waals surface area (Å²) in [6.07, 6.45) is -7.22. The number of benzene rings is 7. The average Bonchev–Trinajstić information content (AvgIpc) is 3.38. The largest absolute Gasteiger partial charge is 0.289 e. The van der Waals surface area contributed by atoms with Crippen LogP contribution in [0.2, 0.25) is 0 Å². The molecule has 7 aromatic rings. The first-order valence-electron chi connectivity index (χ1n) is 19.6. The lowest BCUT2D eigenvalue weighted by molar-refractivity contribution is 0.102. The molecule has 0 aliphatic heterocycles. The molecular weight excluding hydrogens is 1130 g/mol. The van der Waals surface area contributed by atoms with E-state index in [4.69, 9.17) is 34.8 Å². The van der Waals surface area contributed by atoms with E-state index in [-0.39, 0.29) is 11.5 Å². The average molecular weight is 1140 g/mol. The summed E-state index contributed by atoms with van der Waals surface area (Å²) in [6, 6.07) is 24.3. The lowest BCUT2D eigenvalue weighted by atomic mass is 9.12. The van der Waals surface area contributed by atoms with E-state index in [0.717, 1.165) is 5.56 Å². The Kier molecular flexibility index (Phi) is 16.4. The van der Waals surface area contributed by atoms with Gasteiger partial charge in [-0.1, -0.05) is 99.7 Å². The SMILES string of the molecule is Fc1c(F)c(F)c([B-](c2c(F)c(F)c(F)c(F)c2F)(c2c(F)c(F)c(F)c(F)c2F)c2c(F)c(F)c(F)c(F)c2F)c(F)c1F.O=C(C[S+](=O)(C#Cc1ccccc1)c1ccccc1)c1ccc(C(Cl)(Cl)Cl)cc1. The van der Waals surface area contributed by atoms with Crippen LogP contribution in [0.15, 0.2) is 89.8 Å². The molecule has 0 saturated carbocycles. The van der Waals surface area contributed by atoms with Crippen molar-refractivity contribution in [2.75, 3.05) is 5.75 Å². The molecule has 1 unspecified atom stereocenters. The number of hydrogen-bond acceptors (Lipinski definition) is 2. The van der Waals surface area contributed by atoms with Crippen molar-refractivity contribution < 1.29 is 96.8 Å². The summed E-state index contributed by atoms with van der Waals surface area (Å²) in [5, 5.41) is 2.86. The Bertz CT molecular complexity index is 3140. The highest BCUT2D eigenvalue weighted by Crippen LogP contribution is 2.38. The molecule has 7 aromatic carbocycles. The number of hydrogen-bond donors (Lipinski definition) is 0. The van der Waals surface area contributed by atoms with Gasteiger partial charge in [-0.25, -0.2) is 87.8 Å². The summed E-state index contributed by atoms with van der Waals surface area (Å²) in [4.78, 5) is 13.4. The van der Waals surface area contributed by atoms with Gasteiger partial charge in [0.25, 0.3) is 0 Å². The number of alkyl halides is 3. The third kappa shape index (κ3) is 9.81. The van der Waals surface area contributed by atoms with Crippen molar-refractivity contribution in [3.63, 3.8) is 0 Å². The first kappa shape index (κ1) is 56.7. The molecule has 7 rings (SSSR count). The van der Waals surface area contributed by atoms with Crippen molar-refractivity contribution in [3.8, 4) is 11.2 Å². The van der Waals surface area contributed by atoms with E-state index in [1.165, 1.54) is 0 Å². The van der Waals surface area contributed by atoms with Crippen molar-refractivity contribution in [2.45, 2.75) is 8.69 Å². The maximum atomic E-state index is 15.4. The Morgan fingerprint density at radius 2 is 0.676 bits per heavy atom. The van der Waals surface area contributed by atoms with Crippen LogP contribution in [-0.4, -0.2) is 17.7 Å². The Morgan fingerprint density at radius 3 is 0.959 bits per heavy atom. The minimum absolute atomic E-state index is 0.232. The zero-order valence-electron chi connectivity index (χ0n) is 35.3. The second-order valence-electron chi connectivity index (χ2n) is 15.0. The van der Waals surface area contributed by atoms with Gasteiger partial charge in [-0.05, 0) is 30.2 Å². The minimum Gasteiger partial charge on any atom is -0.289 e. The first-order valence-corrected chi connectivity index (χ1v) is 22.4. The van der Waals surface area contributed by atoms with Crippen LogP contribution in [0.25, 0.3) is 0 Å². The van der Waals surface area contributed by atoms with E-state index in [2.05, 4.69) is 11.2 Å². The predicted octanol–water partition coefficient (Wildman–Crippen LogP) is 12.1. The van der Waals surface area contributed by atoms with Gasteiger partial charge in [-0.3, -0.25) is 4.79 Å². The third-order valence-corrected chi connectivity index (χ3v) is 13.6. The summed E-state index contributed by atoms with van der Waals surface area (Å²) < 4.78 is 306. The van der Waals surface area contributed by atoms with Crippen molar-refractivity contribution in [1.82, 2.24) is 0 Å². The molecule has 74 heavy (non-hydrogen) atoms. The number of carbonyl (C=O) groups excluding carboxylic acids is 1. The highest BCUT2D eigenvalue weighted by Gasteiger charge is 2.52. The normalized spacial score (nSPS) is 12.4. The minimum atomic E-state index is -7.22. The van der Waals surface area contributed by atoms with Crippen LogP contribution in [0, 0.1) is 128 Å². The van der Waals surface area contributed by atoms with Crippen molar-refractivity contribution in [2.24, 2.45) is 0 Å². The van der Waals surface area contributed by atoms with Gasteiger partial charge < -0.3 is 0 Å². The number of rotatable bonds is 8. The lowest BCUT2D eigenvalue weighted by Crippen LogP contribution is -2.81. The Morgan fingerprint density at radius 1 is 0.405 bits per heavy atom. The summed E-state index contributed by atoms with van der Waals surface area (Å²) in [7, 11) is -2.94. The van der Waals surface area contributed by atoms with Crippen LogP contribution in [-0.2, 0) is 17.9 Å². The Hall–Kier alpha value is -6.55. The van der Waals surface area contributed by atoms with Gasteiger partial charge >= 0.3 is 0 Å². The maximum Gasteiger partial charge on any atom is 0.216 e. The second kappa shape index (κ2) is 21.4. The maximum absolute atomic E-state index is 15.4. The van der Waals surface area contributed by atoms with E-state index < -0.39 is 158 Å². The van der Waals surface area contributed by atoms with E-state index in [9.17, 15) is 61.7 Å². The quantitative estimate of drug-likeness (QED) is 0.0222. The Balaban J connectivity index is 0.000000265. The molecule has 0 amide bonds. The predicted molar refractivity (Wildman–Crippen MR) is 230 cm³/mol. The van der Waals surface area contributed by atoms with E-state index in [0.29, 0.717) is 16.0 Å². The van der Waals surface area contributed by atoms with E-state index >= 15 is 35.1 Å². The van der Waals surface area contributed by atoms with Gasteiger partial charge in [0.15, 0.2) is 85.7 Å². The fourth-order valence-electron chi connectivity index (χ4n) is 7.47. The molecule has 0 aliphatic rings. The van der Waals surface area contributed by atoms with Crippen LogP contribution in [0.5, 0.6) is 0 Å². The molecule has 0 radical (unpaired) electrons. The molecular formula is C47H16BCl3F20O2S.